The number of nitrogens with zero attached hydrogens (tertiary/aromatic N) is 1. The fraction of sp³-hybridized carbons (Fsp3) is 0.545. The summed E-state index contributed by atoms with van der Waals surface area (Å²) in [5.41, 5.74) is 0. The zero-order valence-corrected chi connectivity index (χ0v) is 12.3. The molecule has 4 nitrogen and oxygen atoms in total. The summed E-state index contributed by atoms with van der Waals surface area (Å²) >= 11 is 0. The van der Waals surface area contributed by atoms with E-state index in [0.29, 0.717) is 12.6 Å². The van der Waals surface area contributed by atoms with Crippen molar-refractivity contribution < 1.29 is 4.42 Å². The van der Waals surface area contributed by atoms with Crippen molar-refractivity contribution in [2.24, 2.45) is 4.99 Å². The lowest BCUT2D eigenvalue weighted by Crippen LogP contribution is -2.40. The number of rotatable bonds is 4. The second kappa shape index (κ2) is 8.43. The zero-order valence-electron chi connectivity index (χ0n) is 9.99. The molecule has 1 aromatic heterocycles. The topological polar surface area (TPSA) is 49.6 Å². The molecule has 0 saturated carbocycles. The van der Waals surface area contributed by atoms with Crippen LogP contribution in [0.3, 0.4) is 0 Å². The molecule has 1 heterocycles. The minimum atomic E-state index is 0. The van der Waals surface area contributed by atoms with Crippen LogP contribution in [0.25, 0.3) is 0 Å². The van der Waals surface area contributed by atoms with Crippen LogP contribution in [0.4, 0.5) is 0 Å². The summed E-state index contributed by atoms with van der Waals surface area (Å²) in [7, 11) is 0. The van der Waals surface area contributed by atoms with Gasteiger partial charge in [0.05, 0.1) is 6.26 Å². The van der Waals surface area contributed by atoms with Crippen LogP contribution < -0.4 is 10.6 Å². The fourth-order valence-corrected chi connectivity index (χ4v) is 1.15. The lowest BCUT2D eigenvalue weighted by Gasteiger charge is -2.13. The quantitative estimate of drug-likeness (QED) is 0.504. The number of furan rings is 1. The van der Waals surface area contributed by atoms with Gasteiger partial charge in [0.1, 0.15) is 12.3 Å². The summed E-state index contributed by atoms with van der Waals surface area (Å²) in [5, 5.41) is 6.41. The Labute approximate surface area is 114 Å². The van der Waals surface area contributed by atoms with Crippen molar-refractivity contribution in [3.05, 3.63) is 24.2 Å². The van der Waals surface area contributed by atoms with Crippen molar-refractivity contribution >= 4 is 29.9 Å². The van der Waals surface area contributed by atoms with Gasteiger partial charge in [-0.15, -0.1) is 24.0 Å². The lowest BCUT2D eigenvalue weighted by atomic mass is 10.4. The van der Waals surface area contributed by atoms with Crippen molar-refractivity contribution in [3.63, 3.8) is 0 Å². The number of aliphatic imine (C=N–C) groups is 1. The van der Waals surface area contributed by atoms with Crippen molar-refractivity contribution in [2.75, 3.05) is 6.54 Å². The molecule has 0 aliphatic heterocycles. The third-order valence-electron chi connectivity index (χ3n) is 1.74. The first kappa shape index (κ1) is 15.3. The lowest BCUT2D eigenvalue weighted by molar-refractivity contribution is 0.511. The molecule has 0 amide bonds. The Balaban J connectivity index is 0.00000225. The van der Waals surface area contributed by atoms with Gasteiger partial charge in [0.15, 0.2) is 5.96 Å². The van der Waals surface area contributed by atoms with Gasteiger partial charge >= 0.3 is 0 Å². The molecule has 0 spiro atoms. The smallest absolute Gasteiger partial charge is 0.191 e. The Hall–Kier alpha value is -0.720. The van der Waals surface area contributed by atoms with Gasteiger partial charge in [-0.05, 0) is 32.9 Å². The van der Waals surface area contributed by atoms with E-state index in [0.717, 1.165) is 18.3 Å². The number of halogens is 1. The molecule has 0 aromatic carbocycles. The van der Waals surface area contributed by atoms with Gasteiger partial charge in [-0.25, -0.2) is 4.99 Å². The highest BCUT2D eigenvalue weighted by molar-refractivity contribution is 14.0. The van der Waals surface area contributed by atoms with Crippen LogP contribution in [0.5, 0.6) is 0 Å². The van der Waals surface area contributed by atoms with Gasteiger partial charge in [0.2, 0.25) is 0 Å². The van der Waals surface area contributed by atoms with E-state index < -0.39 is 0 Å². The van der Waals surface area contributed by atoms with Gasteiger partial charge in [-0.3, -0.25) is 0 Å². The van der Waals surface area contributed by atoms with Crippen LogP contribution in [0.15, 0.2) is 27.8 Å². The first-order valence-corrected chi connectivity index (χ1v) is 5.29. The fourth-order valence-electron chi connectivity index (χ4n) is 1.15. The highest BCUT2D eigenvalue weighted by atomic mass is 127. The third kappa shape index (κ3) is 5.99. The average molecular weight is 337 g/mol. The van der Waals surface area contributed by atoms with E-state index in [1.807, 2.05) is 19.1 Å². The Kier molecular flexibility index (Phi) is 8.05. The maximum atomic E-state index is 5.20. The second-order valence-corrected chi connectivity index (χ2v) is 3.57. The molecule has 0 atom stereocenters. The van der Waals surface area contributed by atoms with E-state index in [-0.39, 0.29) is 24.0 Å². The Morgan fingerprint density at radius 3 is 2.75 bits per heavy atom. The molecule has 0 aliphatic carbocycles. The summed E-state index contributed by atoms with van der Waals surface area (Å²) in [4.78, 5) is 4.40. The molecule has 0 fully saturated rings. The van der Waals surface area contributed by atoms with Crippen molar-refractivity contribution in [3.8, 4) is 0 Å². The second-order valence-electron chi connectivity index (χ2n) is 3.57. The maximum absolute atomic E-state index is 5.20. The van der Waals surface area contributed by atoms with Crippen LogP contribution in [0.1, 0.15) is 26.5 Å². The molecular formula is C11H20IN3O. The predicted octanol–water partition coefficient (Wildman–Crippen LogP) is 2.36. The van der Waals surface area contributed by atoms with E-state index in [2.05, 4.69) is 29.5 Å². The van der Waals surface area contributed by atoms with E-state index in [9.17, 15) is 0 Å². The average Bonchev–Trinajstić information content (AvgIpc) is 2.66. The Morgan fingerprint density at radius 1 is 1.50 bits per heavy atom. The minimum Gasteiger partial charge on any atom is -0.467 e. The first-order valence-electron chi connectivity index (χ1n) is 5.29. The van der Waals surface area contributed by atoms with Gasteiger partial charge < -0.3 is 15.1 Å². The molecule has 0 saturated heterocycles. The monoisotopic (exact) mass is 337 g/mol. The van der Waals surface area contributed by atoms with Gasteiger partial charge in [-0.2, -0.15) is 0 Å². The largest absolute Gasteiger partial charge is 0.467 e. The molecule has 5 heteroatoms. The molecule has 0 radical (unpaired) electrons. The number of hydrogen-bond acceptors (Lipinski definition) is 2. The van der Waals surface area contributed by atoms with E-state index in [1.165, 1.54) is 0 Å². The Morgan fingerprint density at radius 2 is 2.25 bits per heavy atom. The van der Waals surface area contributed by atoms with Crippen LogP contribution in [-0.2, 0) is 6.54 Å². The van der Waals surface area contributed by atoms with Crippen LogP contribution in [0, 0.1) is 0 Å². The molecule has 16 heavy (non-hydrogen) atoms. The molecular weight excluding hydrogens is 317 g/mol. The summed E-state index contributed by atoms with van der Waals surface area (Å²) in [5.74, 6) is 1.69. The van der Waals surface area contributed by atoms with Crippen LogP contribution >= 0.6 is 24.0 Å². The molecule has 0 aliphatic rings. The first-order chi connectivity index (χ1) is 7.22. The third-order valence-corrected chi connectivity index (χ3v) is 1.74. The molecule has 92 valence electrons. The van der Waals surface area contributed by atoms with E-state index >= 15 is 0 Å². The summed E-state index contributed by atoms with van der Waals surface area (Å²) in [6.45, 7) is 7.63. The minimum absolute atomic E-state index is 0. The molecule has 2 N–H and O–H groups in total. The van der Waals surface area contributed by atoms with Crippen molar-refractivity contribution in [1.29, 1.82) is 0 Å². The van der Waals surface area contributed by atoms with Crippen LogP contribution in [-0.4, -0.2) is 18.5 Å². The SMILES string of the molecule is CCNC(=NCc1ccco1)NC(C)C.I. The number of guanidine groups is 1. The number of hydrogen-bond donors (Lipinski definition) is 2. The maximum Gasteiger partial charge on any atom is 0.191 e. The van der Waals surface area contributed by atoms with Gasteiger partial charge in [0.25, 0.3) is 0 Å². The Bertz CT molecular complexity index is 296. The predicted molar refractivity (Wildman–Crippen MR) is 77.2 cm³/mol. The summed E-state index contributed by atoms with van der Waals surface area (Å²) in [6, 6.07) is 4.16. The zero-order chi connectivity index (χ0) is 11.1. The molecule has 1 rings (SSSR count). The molecule has 0 bridgehead atoms. The summed E-state index contributed by atoms with van der Waals surface area (Å²) < 4.78 is 5.20. The standard InChI is InChI=1S/C11H19N3O.HI/c1-4-12-11(14-9(2)3)13-8-10-6-5-7-15-10;/h5-7,9H,4,8H2,1-3H3,(H2,12,13,14);1H. The number of nitrogens with one attached hydrogen (secondary N) is 2. The van der Waals surface area contributed by atoms with Gasteiger partial charge in [-0.1, -0.05) is 0 Å². The highest BCUT2D eigenvalue weighted by Gasteiger charge is 2.00. The molecule has 1 aromatic rings. The normalized spacial score (nSPS) is 11.1. The van der Waals surface area contributed by atoms with Gasteiger partial charge in [0, 0.05) is 12.6 Å². The molecule has 0 unspecified atom stereocenters. The highest BCUT2D eigenvalue weighted by Crippen LogP contribution is 2.01. The van der Waals surface area contributed by atoms with Crippen LogP contribution in [0.2, 0.25) is 0 Å². The van der Waals surface area contributed by atoms with E-state index in [4.69, 9.17) is 4.42 Å². The van der Waals surface area contributed by atoms with Crippen molar-refractivity contribution in [2.45, 2.75) is 33.4 Å². The van der Waals surface area contributed by atoms with E-state index in [1.54, 1.807) is 6.26 Å². The summed E-state index contributed by atoms with van der Waals surface area (Å²) in [6.07, 6.45) is 1.66. The van der Waals surface area contributed by atoms with Crippen molar-refractivity contribution in [1.82, 2.24) is 10.6 Å².